The fourth-order valence-electron chi connectivity index (χ4n) is 2.17. The first-order valence-electron chi connectivity index (χ1n) is 8.35. The van der Waals surface area contributed by atoms with Crippen LogP contribution >= 0.6 is 0 Å². The summed E-state index contributed by atoms with van der Waals surface area (Å²) < 4.78 is 10.4. The maximum Gasteiger partial charge on any atom is 0.338 e. The molecular formula is C19H20N2O6. The van der Waals surface area contributed by atoms with E-state index < -0.39 is 23.4 Å². The van der Waals surface area contributed by atoms with E-state index in [1.54, 1.807) is 31.2 Å². The zero-order chi connectivity index (χ0) is 19.8. The molecule has 2 aromatic rings. The van der Waals surface area contributed by atoms with Gasteiger partial charge < -0.3 is 14.8 Å². The van der Waals surface area contributed by atoms with E-state index in [2.05, 4.69) is 5.32 Å². The molecule has 0 fully saturated rings. The number of amides is 1. The standard InChI is InChI=1S/C19H20N2O6/c1-3-10-26-16-8-5-14(6-9-16)19(23)27-12-18(22)20-17-11-15(21(24)25)7-4-13(17)2/h4-9,11H,3,10,12H2,1-2H3,(H,20,22). The van der Waals surface area contributed by atoms with Crippen LogP contribution in [0.3, 0.4) is 0 Å². The van der Waals surface area contributed by atoms with Crippen molar-refractivity contribution in [3.63, 3.8) is 0 Å². The summed E-state index contributed by atoms with van der Waals surface area (Å²) in [5.74, 6) is -0.593. The van der Waals surface area contributed by atoms with Crippen LogP contribution in [-0.2, 0) is 9.53 Å². The number of hydrogen-bond acceptors (Lipinski definition) is 6. The SMILES string of the molecule is CCCOc1ccc(C(=O)OCC(=O)Nc2cc([N+](=O)[O-])ccc2C)cc1. The van der Waals surface area contributed by atoms with Crippen LogP contribution in [0.2, 0.25) is 0 Å². The normalized spacial score (nSPS) is 10.1. The fraction of sp³-hybridized carbons (Fsp3) is 0.263. The van der Waals surface area contributed by atoms with Crippen LogP contribution in [-0.4, -0.2) is 30.0 Å². The Morgan fingerprint density at radius 1 is 1.15 bits per heavy atom. The summed E-state index contributed by atoms with van der Waals surface area (Å²) in [7, 11) is 0. The minimum absolute atomic E-state index is 0.140. The van der Waals surface area contributed by atoms with Crippen LogP contribution < -0.4 is 10.1 Å². The number of rotatable bonds is 8. The molecule has 2 rings (SSSR count). The first-order valence-corrected chi connectivity index (χ1v) is 8.35. The molecule has 0 aliphatic heterocycles. The van der Waals surface area contributed by atoms with Gasteiger partial charge in [0.2, 0.25) is 0 Å². The number of hydrogen-bond donors (Lipinski definition) is 1. The monoisotopic (exact) mass is 372 g/mol. The van der Waals surface area contributed by atoms with Gasteiger partial charge in [-0.2, -0.15) is 0 Å². The minimum atomic E-state index is -0.650. The Bertz CT molecular complexity index is 833. The number of nitro groups is 1. The van der Waals surface area contributed by atoms with Crippen molar-refractivity contribution in [3.8, 4) is 5.75 Å². The molecule has 8 heteroatoms. The highest BCUT2D eigenvalue weighted by Crippen LogP contribution is 2.21. The topological polar surface area (TPSA) is 108 Å². The molecule has 0 aromatic heterocycles. The van der Waals surface area contributed by atoms with Crippen molar-refractivity contribution in [3.05, 3.63) is 63.7 Å². The van der Waals surface area contributed by atoms with Crippen LogP contribution in [0.4, 0.5) is 11.4 Å². The molecule has 8 nitrogen and oxygen atoms in total. The van der Waals surface area contributed by atoms with Crippen LogP contribution in [0.5, 0.6) is 5.75 Å². The number of non-ortho nitro benzene ring substituents is 1. The van der Waals surface area contributed by atoms with Gasteiger partial charge in [-0.3, -0.25) is 14.9 Å². The molecule has 0 heterocycles. The van der Waals surface area contributed by atoms with E-state index in [9.17, 15) is 19.7 Å². The summed E-state index contributed by atoms with van der Waals surface area (Å²) in [6, 6.07) is 10.5. The van der Waals surface area contributed by atoms with Crippen molar-refractivity contribution < 1.29 is 24.0 Å². The largest absolute Gasteiger partial charge is 0.494 e. The van der Waals surface area contributed by atoms with E-state index >= 15 is 0 Å². The van der Waals surface area contributed by atoms with Crippen LogP contribution in [0.15, 0.2) is 42.5 Å². The maximum atomic E-state index is 12.0. The third-order valence-electron chi connectivity index (χ3n) is 3.60. The maximum absolute atomic E-state index is 12.0. The molecule has 0 spiro atoms. The highest BCUT2D eigenvalue weighted by molar-refractivity contribution is 5.96. The fourth-order valence-corrected chi connectivity index (χ4v) is 2.17. The second-order valence-electron chi connectivity index (χ2n) is 5.75. The van der Waals surface area contributed by atoms with E-state index in [0.29, 0.717) is 23.6 Å². The van der Waals surface area contributed by atoms with Crippen LogP contribution in [0, 0.1) is 17.0 Å². The Hall–Kier alpha value is -3.42. The molecule has 0 saturated carbocycles. The van der Waals surface area contributed by atoms with Crippen molar-refractivity contribution in [2.45, 2.75) is 20.3 Å². The molecule has 0 radical (unpaired) electrons. The van der Waals surface area contributed by atoms with E-state index in [-0.39, 0.29) is 11.3 Å². The molecule has 142 valence electrons. The van der Waals surface area contributed by atoms with E-state index in [1.807, 2.05) is 6.92 Å². The lowest BCUT2D eigenvalue weighted by Crippen LogP contribution is -2.21. The van der Waals surface area contributed by atoms with Gasteiger partial charge in [0.1, 0.15) is 5.75 Å². The van der Waals surface area contributed by atoms with E-state index in [4.69, 9.17) is 9.47 Å². The predicted molar refractivity (Wildman–Crippen MR) is 99.0 cm³/mol. The van der Waals surface area contributed by atoms with Gasteiger partial charge in [-0.25, -0.2) is 4.79 Å². The summed E-state index contributed by atoms with van der Waals surface area (Å²) in [6.07, 6.45) is 0.878. The number of carbonyl (C=O) groups is 2. The third kappa shape index (κ3) is 5.81. The Morgan fingerprint density at radius 2 is 1.85 bits per heavy atom. The lowest BCUT2D eigenvalue weighted by atomic mass is 10.2. The van der Waals surface area contributed by atoms with Crippen LogP contribution in [0.1, 0.15) is 29.3 Å². The number of nitro benzene ring substituents is 1. The summed E-state index contributed by atoms with van der Waals surface area (Å²) in [4.78, 5) is 34.2. The van der Waals surface area contributed by atoms with Gasteiger partial charge in [-0.15, -0.1) is 0 Å². The lowest BCUT2D eigenvalue weighted by Gasteiger charge is -2.09. The average Bonchev–Trinajstić information content (AvgIpc) is 2.66. The number of ether oxygens (including phenoxy) is 2. The minimum Gasteiger partial charge on any atom is -0.494 e. The third-order valence-corrected chi connectivity index (χ3v) is 3.60. The van der Waals surface area contributed by atoms with E-state index in [0.717, 1.165) is 6.42 Å². The number of anilines is 1. The van der Waals surface area contributed by atoms with Gasteiger partial charge in [-0.05, 0) is 43.2 Å². The van der Waals surface area contributed by atoms with E-state index in [1.165, 1.54) is 18.2 Å². The van der Waals surface area contributed by atoms with Crippen LogP contribution in [0.25, 0.3) is 0 Å². The van der Waals surface area contributed by atoms with Crippen molar-refractivity contribution in [1.82, 2.24) is 0 Å². The Balaban J connectivity index is 1.90. The molecule has 0 saturated heterocycles. The highest BCUT2D eigenvalue weighted by atomic mass is 16.6. The number of benzene rings is 2. The first kappa shape index (κ1) is 19.9. The molecule has 2 aromatic carbocycles. The van der Waals surface area contributed by atoms with Gasteiger partial charge in [0.05, 0.1) is 22.8 Å². The summed E-state index contributed by atoms with van der Waals surface area (Å²) in [5.41, 5.74) is 1.10. The summed E-state index contributed by atoms with van der Waals surface area (Å²) >= 11 is 0. The molecule has 1 amide bonds. The Morgan fingerprint density at radius 3 is 2.48 bits per heavy atom. The second kappa shape index (κ2) is 9.33. The van der Waals surface area contributed by atoms with Gasteiger partial charge >= 0.3 is 5.97 Å². The van der Waals surface area contributed by atoms with Crippen molar-refractivity contribution in [1.29, 1.82) is 0 Å². The molecule has 0 atom stereocenters. The van der Waals surface area contributed by atoms with Gasteiger partial charge in [-0.1, -0.05) is 13.0 Å². The molecule has 0 aliphatic carbocycles. The van der Waals surface area contributed by atoms with Gasteiger partial charge in [0.25, 0.3) is 11.6 Å². The Kier molecular flexibility index (Phi) is 6.87. The number of carbonyl (C=O) groups excluding carboxylic acids is 2. The van der Waals surface area contributed by atoms with Crippen molar-refractivity contribution in [2.24, 2.45) is 0 Å². The summed E-state index contributed by atoms with van der Waals surface area (Å²) in [6.45, 7) is 3.77. The highest BCUT2D eigenvalue weighted by Gasteiger charge is 2.13. The summed E-state index contributed by atoms with van der Waals surface area (Å²) in [5, 5.41) is 13.3. The molecule has 0 unspecified atom stereocenters. The van der Waals surface area contributed by atoms with Crippen molar-refractivity contribution >= 4 is 23.3 Å². The smallest absolute Gasteiger partial charge is 0.338 e. The molecule has 0 aliphatic rings. The average molecular weight is 372 g/mol. The molecule has 0 bridgehead atoms. The van der Waals surface area contributed by atoms with Crippen molar-refractivity contribution in [2.75, 3.05) is 18.5 Å². The molecular weight excluding hydrogens is 352 g/mol. The number of nitrogens with one attached hydrogen (secondary N) is 1. The Labute approximate surface area is 156 Å². The molecule has 27 heavy (non-hydrogen) atoms. The lowest BCUT2D eigenvalue weighted by molar-refractivity contribution is -0.384. The second-order valence-corrected chi connectivity index (χ2v) is 5.75. The number of esters is 1. The van der Waals surface area contributed by atoms with Gasteiger partial charge in [0.15, 0.2) is 6.61 Å². The first-order chi connectivity index (χ1) is 12.9. The van der Waals surface area contributed by atoms with Gasteiger partial charge in [0, 0.05) is 12.1 Å². The zero-order valence-corrected chi connectivity index (χ0v) is 15.1. The molecule has 1 N–H and O–H groups in total. The predicted octanol–water partition coefficient (Wildman–Crippen LogP) is 3.49. The number of nitrogens with zero attached hydrogens (tertiary/aromatic N) is 1. The number of aryl methyl sites for hydroxylation is 1. The quantitative estimate of drug-likeness (QED) is 0.432. The zero-order valence-electron chi connectivity index (χ0n) is 15.1.